The molecule has 1 aliphatic heterocycles. The van der Waals surface area contributed by atoms with Gasteiger partial charge in [-0.15, -0.1) is 0 Å². The lowest BCUT2D eigenvalue weighted by Gasteiger charge is -2.25. The number of halogens is 3. The Hall–Kier alpha value is 0.0700. The van der Waals surface area contributed by atoms with E-state index in [0.717, 1.165) is 36.9 Å². The summed E-state index contributed by atoms with van der Waals surface area (Å²) in [5, 5.41) is 0.892. The summed E-state index contributed by atoms with van der Waals surface area (Å²) in [4.78, 5) is 0. The van der Waals surface area contributed by atoms with Crippen LogP contribution >= 0.6 is 31.9 Å². The van der Waals surface area contributed by atoms with Crippen molar-refractivity contribution in [3.63, 3.8) is 0 Å². The zero-order chi connectivity index (χ0) is 11.6. The van der Waals surface area contributed by atoms with Crippen molar-refractivity contribution in [2.24, 2.45) is 5.41 Å². The van der Waals surface area contributed by atoms with Gasteiger partial charge in [0.1, 0.15) is 5.82 Å². The first-order chi connectivity index (χ1) is 7.67. The lowest BCUT2D eigenvalue weighted by Crippen LogP contribution is -2.26. The summed E-state index contributed by atoms with van der Waals surface area (Å²) in [7, 11) is 0. The van der Waals surface area contributed by atoms with Gasteiger partial charge in [-0.2, -0.15) is 0 Å². The SMILES string of the molecule is Fc1cccc(CC2(CBr)CCOC2)c1Br. The Morgan fingerprint density at radius 2 is 2.25 bits per heavy atom. The Bertz CT molecular complexity index is 375. The summed E-state index contributed by atoms with van der Waals surface area (Å²) in [6.07, 6.45) is 1.87. The molecule has 88 valence electrons. The lowest BCUT2D eigenvalue weighted by atomic mass is 9.83. The van der Waals surface area contributed by atoms with Crippen LogP contribution in [0.5, 0.6) is 0 Å². The second-order valence-corrected chi connectivity index (χ2v) is 5.68. The van der Waals surface area contributed by atoms with Crippen molar-refractivity contribution in [3.8, 4) is 0 Å². The first kappa shape index (κ1) is 12.5. The molecule has 0 radical (unpaired) electrons. The van der Waals surface area contributed by atoms with Gasteiger partial charge in [0.15, 0.2) is 0 Å². The number of hydrogen-bond acceptors (Lipinski definition) is 1. The second-order valence-electron chi connectivity index (χ2n) is 4.33. The van der Waals surface area contributed by atoms with E-state index in [2.05, 4.69) is 31.9 Å². The zero-order valence-corrected chi connectivity index (χ0v) is 12.0. The molecule has 0 aromatic heterocycles. The maximum Gasteiger partial charge on any atom is 0.137 e. The third-order valence-electron chi connectivity index (χ3n) is 3.07. The van der Waals surface area contributed by atoms with E-state index in [9.17, 15) is 4.39 Å². The summed E-state index contributed by atoms with van der Waals surface area (Å²) in [5.41, 5.74) is 1.14. The van der Waals surface area contributed by atoms with Gasteiger partial charge in [0.05, 0.1) is 11.1 Å². The smallest absolute Gasteiger partial charge is 0.137 e. The molecule has 1 aromatic carbocycles. The standard InChI is InChI=1S/C12H13Br2FO/c13-7-12(4-5-16-8-12)6-9-2-1-3-10(15)11(9)14/h1-3H,4-8H2. The minimum Gasteiger partial charge on any atom is -0.381 e. The molecule has 0 amide bonds. The summed E-state index contributed by atoms with van der Waals surface area (Å²) in [5.74, 6) is -0.193. The molecule has 0 spiro atoms. The molecule has 16 heavy (non-hydrogen) atoms. The van der Waals surface area contributed by atoms with Crippen molar-refractivity contribution in [2.75, 3.05) is 18.5 Å². The molecular weight excluding hydrogens is 339 g/mol. The first-order valence-corrected chi connectivity index (χ1v) is 7.15. The van der Waals surface area contributed by atoms with Crippen molar-refractivity contribution in [3.05, 3.63) is 34.1 Å². The van der Waals surface area contributed by atoms with Gasteiger partial charge in [0.2, 0.25) is 0 Å². The van der Waals surface area contributed by atoms with Crippen LogP contribution in [0.15, 0.2) is 22.7 Å². The van der Waals surface area contributed by atoms with Crippen LogP contribution in [0.2, 0.25) is 0 Å². The van der Waals surface area contributed by atoms with Gasteiger partial charge in [0.25, 0.3) is 0 Å². The molecule has 1 aliphatic rings. The van der Waals surface area contributed by atoms with Crippen LogP contribution in [0.25, 0.3) is 0 Å². The Labute approximate surface area is 112 Å². The summed E-state index contributed by atoms with van der Waals surface area (Å²) >= 11 is 6.85. The van der Waals surface area contributed by atoms with Crippen LogP contribution in [0.1, 0.15) is 12.0 Å². The van der Waals surface area contributed by atoms with Crippen LogP contribution in [-0.2, 0) is 11.2 Å². The number of alkyl halides is 1. The van der Waals surface area contributed by atoms with E-state index in [1.54, 1.807) is 6.07 Å². The number of ether oxygens (including phenoxy) is 1. The topological polar surface area (TPSA) is 9.23 Å². The van der Waals surface area contributed by atoms with E-state index >= 15 is 0 Å². The number of rotatable bonds is 3. The average Bonchev–Trinajstić information content (AvgIpc) is 2.74. The summed E-state index contributed by atoms with van der Waals surface area (Å²) in [6, 6.07) is 5.20. The van der Waals surface area contributed by atoms with E-state index < -0.39 is 0 Å². The largest absolute Gasteiger partial charge is 0.381 e. The van der Waals surface area contributed by atoms with Crippen LogP contribution in [0.3, 0.4) is 0 Å². The predicted molar refractivity (Wildman–Crippen MR) is 69.5 cm³/mol. The normalized spacial score (nSPS) is 24.9. The van der Waals surface area contributed by atoms with Gasteiger partial charge in [-0.1, -0.05) is 28.1 Å². The van der Waals surface area contributed by atoms with Gasteiger partial charge in [0, 0.05) is 17.4 Å². The summed E-state index contributed by atoms with van der Waals surface area (Å²) < 4.78 is 19.4. The quantitative estimate of drug-likeness (QED) is 0.749. The van der Waals surface area contributed by atoms with Crippen LogP contribution in [-0.4, -0.2) is 18.5 Å². The van der Waals surface area contributed by atoms with Gasteiger partial charge in [-0.25, -0.2) is 4.39 Å². The van der Waals surface area contributed by atoms with Gasteiger partial charge < -0.3 is 4.74 Å². The third kappa shape index (κ3) is 2.49. The number of hydrogen-bond donors (Lipinski definition) is 0. The fourth-order valence-electron chi connectivity index (χ4n) is 2.03. The molecule has 0 saturated carbocycles. The van der Waals surface area contributed by atoms with Crippen LogP contribution < -0.4 is 0 Å². The highest BCUT2D eigenvalue weighted by Gasteiger charge is 2.34. The fourth-order valence-corrected chi connectivity index (χ4v) is 3.08. The lowest BCUT2D eigenvalue weighted by molar-refractivity contribution is 0.162. The molecule has 1 fully saturated rings. The molecular formula is C12H13Br2FO. The fraction of sp³-hybridized carbons (Fsp3) is 0.500. The molecule has 4 heteroatoms. The van der Waals surface area contributed by atoms with E-state index in [0.29, 0.717) is 4.47 Å². The second kappa shape index (κ2) is 5.15. The van der Waals surface area contributed by atoms with Crippen LogP contribution in [0.4, 0.5) is 4.39 Å². The Balaban J connectivity index is 2.22. The molecule has 1 atom stereocenters. The van der Waals surface area contributed by atoms with E-state index in [-0.39, 0.29) is 11.2 Å². The van der Waals surface area contributed by atoms with Gasteiger partial charge in [-0.3, -0.25) is 0 Å². The molecule has 0 aliphatic carbocycles. The first-order valence-electron chi connectivity index (χ1n) is 5.23. The van der Waals surface area contributed by atoms with Gasteiger partial charge in [-0.05, 0) is 40.4 Å². The molecule has 2 rings (SSSR count). The highest BCUT2D eigenvalue weighted by atomic mass is 79.9. The maximum atomic E-state index is 13.4. The Morgan fingerprint density at radius 3 is 2.88 bits per heavy atom. The van der Waals surface area contributed by atoms with E-state index in [1.807, 2.05) is 6.07 Å². The van der Waals surface area contributed by atoms with Crippen molar-refractivity contribution in [1.29, 1.82) is 0 Å². The predicted octanol–water partition coefficient (Wildman–Crippen LogP) is 3.93. The minimum absolute atomic E-state index is 0.121. The van der Waals surface area contributed by atoms with E-state index in [4.69, 9.17) is 4.74 Å². The van der Waals surface area contributed by atoms with Crippen molar-refractivity contribution in [2.45, 2.75) is 12.8 Å². The molecule has 1 saturated heterocycles. The van der Waals surface area contributed by atoms with E-state index in [1.165, 1.54) is 6.07 Å². The molecule has 1 unspecified atom stereocenters. The molecule has 0 N–H and O–H groups in total. The third-order valence-corrected chi connectivity index (χ3v) is 5.14. The van der Waals surface area contributed by atoms with Crippen LogP contribution in [0, 0.1) is 11.2 Å². The summed E-state index contributed by atoms with van der Waals surface area (Å²) in [6.45, 7) is 1.56. The zero-order valence-electron chi connectivity index (χ0n) is 8.81. The molecule has 1 heterocycles. The Kier molecular flexibility index (Phi) is 4.03. The highest BCUT2D eigenvalue weighted by molar-refractivity contribution is 9.10. The highest BCUT2D eigenvalue weighted by Crippen LogP contribution is 2.36. The minimum atomic E-state index is -0.193. The number of benzene rings is 1. The van der Waals surface area contributed by atoms with Crippen molar-refractivity contribution in [1.82, 2.24) is 0 Å². The van der Waals surface area contributed by atoms with Crippen molar-refractivity contribution >= 4 is 31.9 Å². The monoisotopic (exact) mass is 350 g/mol. The molecule has 1 aromatic rings. The molecule has 1 nitrogen and oxygen atoms in total. The maximum absolute atomic E-state index is 13.4. The Morgan fingerprint density at radius 1 is 1.44 bits per heavy atom. The molecule has 0 bridgehead atoms. The van der Waals surface area contributed by atoms with Gasteiger partial charge >= 0.3 is 0 Å². The van der Waals surface area contributed by atoms with Crippen molar-refractivity contribution < 1.29 is 9.13 Å². The average molecular weight is 352 g/mol.